The number of thioether (sulfide) groups is 1. The molecule has 1 aliphatic rings. The fourth-order valence-electron chi connectivity index (χ4n) is 2.20. The predicted molar refractivity (Wildman–Crippen MR) is 77.4 cm³/mol. The normalized spacial score (nSPS) is 23.4. The summed E-state index contributed by atoms with van der Waals surface area (Å²) in [6, 6.07) is 7.67. The Balaban J connectivity index is 2.43. The summed E-state index contributed by atoms with van der Waals surface area (Å²) in [6.45, 7) is 3.77. The van der Waals surface area contributed by atoms with Crippen molar-refractivity contribution in [1.29, 1.82) is 0 Å². The zero-order valence-corrected chi connectivity index (χ0v) is 12.2. The number of para-hydroxylation sites is 1. The number of hydrogen-bond donors (Lipinski definition) is 1. The Morgan fingerprint density at radius 3 is 2.68 bits per heavy atom. The molecule has 102 valence electrons. The standard InChI is InChI=1S/C14H18N2O2S/c1-4-14(2)13(18)16(9-12(17)15-14)10-7-5-6-8-11(10)19-3/h5-8H,4,9H2,1-3H3,(H,15,17). The van der Waals surface area contributed by atoms with Crippen LogP contribution in [0.3, 0.4) is 0 Å². The van der Waals surface area contributed by atoms with Crippen molar-refractivity contribution in [3.8, 4) is 0 Å². The summed E-state index contributed by atoms with van der Waals surface area (Å²) in [6.07, 6.45) is 2.54. The molecule has 0 aromatic heterocycles. The van der Waals surface area contributed by atoms with Gasteiger partial charge in [0.05, 0.1) is 5.69 Å². The molecule has 0 spiro atoms. The van der Waals surface area contributed by atoms with Crippen LogP contribution < -0.4 is 10.2 Å². The van der Waals surface area contributed by atoms with Crippen molar-refractivity contribution in [3.63, 3.8) is 0 Å². The first kappa shape index (κ1) is 13.9. The van der Waals surface area contributed by atoms with E-state index < -0.39 is 5.54 Å². The maximum absolute atomic E-state index is 12.6. The highest BCUT2D eigenvalue weighted by Crippen LogP contribution is 2.31. The van der Waals surface area contributed by atoms with Gasteiger partial charge in [0.15, 0.2) is 0 Å². The summed E-state index contributed by atoms with van der Waals surface area (Å²) < 4.78 is 0. The monoisotopic (exact) mass is 278 g/mol. The van der Waals surface area contributed by atoms with E-state index in [1.54, 1.807) is 23.6 Å². The molecule has 2 amide bonds. The molecule has 1 heterocycles. The molecule has 0 aliphatic carbocycles. The minimum atomic E-state index is -0.805. The molecule has 1 unspecified atom stereocenters. The third-order valence-electron chi connectivity index (χ3n) is 3.52. The number of nitrogens with zero attached hydrogens (tertiary/aromatic N) is 1. The third kappa shape index (κ3) is 2.47. The van der Waals surface area contributed by atoms with Gasteiger partial charge in [0.2, 0.25) is 5.91 Å². The summed E-state index contributed by atoms with van der Waals surface area (Å²) in [7, 11) is 0. The van der Waals surface area contributed by atoms with E-state index in [1.807, 2.05) is 37.4 Å². The van der Waals surface area contributed by atoms with Crippen LogP contribution in [0.25, 0.3) is 0 Å². The SMILES string of the molecule is CCC1(C)NC(=O)CN(c2ccccc2SC)C1=O. The fourth-order valence-corrected chi connectivity index (χ4v) is 2.80. The zero-order valence-electron chi connectivity index (χ0n) is 11.4. The van der Waals surface area contributed by atoms with E-state index in [-0.39, 0.29) is 18.4 Å². The molecular formula is C14H18N2O2S. The summed E-state index contributed by atoms with van der Waals surface area (Å²) >= 11 is 1.57. The number of nitrogens with one attached hydrogen (secondary N) is 1. The number of amides is 2. The third-order valence-corrected chi connectivity index (χ3v) is 4.30. The Hall–Kier alpha value is -1.49. The van der Waals surface area contributed by atoms with Crippen molar-refractivity contribution in [2.75, 3.05) is 17.7 Å². The van der Waals surface area contributed by atoms with E-state index in [0.717, 1.165) is 10.6 Å². The molecule has 1 aromatic carbocycles. The molecule has 1 N–H and O–H groups in total. The highest BCUT2D eigenvalue weighted by molar-refractivity contribution is 7.98. The molecule has 0 radical (unpaired) electrons. The van der Waals surface area contributed by atoms with Crippen molar-refractivity contribution < 1.29 is 9.59 Å². The number of piperazine rings is 1. The molecule has 1 aliphatic heterocycles. The Bertz CT molecular complexity index is 518. The second kappa shape index (κ2) is 5.25. The smallest absolute Gasteiger partial charge is 0.252 e. The summed E-state index contributed by atoms with van der Waals surface area (Å²) in [5.74, 6) is -0.157. The average molecular weight is 278 g/mol. The van der Waals surface area contributed by atoms with E-state index in [9.17, 15) is 9.59 Å². The van der Waals surface area contributed by atoms with Gasteiger partial charge in [-0.1, -0.05) is 19.1 Å². The average Bonchev–Trinajstić information content (AvgIpc) is 2.42. The van der Waals surface area contributed by atoms with Crippen molar-refractivity contribution in [1.82, 2.24) is 5.32 Å². The molecule has 1 aromatic rings. The van der Waals surface area contributed by atoms with E-state index in [4.69, 9.17) is 0 Å². The second-order valence-corrected chi connectivity index (χ2v) is 5.65. The number of hydrogen-bond acceptors (Lipinski definition) is 3. The van der Waals surface area contributed by atoms with Gasteiger partial charge in [-0.2, -0.15) is 0 Å². The van der Waals surface area contributed by atoms with Gasteiger partial charge in [0, 0.05) is 4.90 Å². The van der Waals surface area contributed by atoms with Crippen molar-refractivity contribution >= 4 is 29.3 Å². The van der Waals surface area contributed by atoms with Gasteiger partial charge in [0.25, 0.3) is 5.91 Å². The second-order valence-electron chi connectivity index (χ2n) is 4.80. The van der Waals surface area contributed by atoms with Crippen LogP contribution in [-0.2, 0) is 9.59 Å². The number of benzene rings is 1. The van der Waals surface area contributed by atoms with E-state index in [2.05, 4.69) is 5.32 Å². The molecule has 0 bridgehead atoms. The lowest BCUT2D eigenvalue weighted by Gasteiger charge is -2.39. The zero-order chi connectivity index (χ0) is 14.0. The van der Waals surface area contributed by atoms with Crippen LogP contribution in [0.1, 0.15) is 20.3 Å². The maximum Gasteiger partial charge on any atom is 0.252 e. The van der Waals surface area contributed by atoms with Gasteiger partial charge in [-0.15, -0.1) is 11.8 Å². The summed E-state index contributed by atoms with van der Waals surface area (Å²) in [5, 5.41) is 2.79. The summed E-state index contributed by atoms with van der Waals surface area (Å²) in [4.78, 5) is 27.0. The van der Waals surface area contributed by atoms with Gasteiger partial charge in [-0.3, -0.25) is 14.5 Å². The van der Waals surface area contributed by atoms with E-state index in [0.29, 0.717) is 6.42 Å². The van der Waals surface area contributed by atoms with Crippen molar-refractivity contribution in [2.24, 2.45) is 0 Å². The minimum absolute atomic E-state index is 0.0453. The number of carbonyl (C=O) groups excluding carboxylic acids is 2. The first-order valence-electron chi connectivity index (χ1n) is 6.28. The Morgan fingerprint density at radius 1 is 1.37 bits per heavy atom. The number of rotatable bonds is 3. The first-order chi connectivity index (χ1) is 9.01. The molecular weight excluding hydrogens is 260 g/mol. The molecule has 2 rings (SSSR count). The van der Waals surface area contributed by atoms with Gasteiger partial charge < -0.3 is 5.32 Å². The molecule has 5 heteroatoms. The summed E-state index contributed by atoms with van der Waals surface area (Å²) in [5.41, 5.74) is 0.00967. The largest absolute Gasteiger partial charge is 0.340 e. The lowest BCUT2D eigenvalue weighted by Crippen LogP contribution is -2.65. The van der Waals surface area contributed by atoms with Crippen LogP contribution >= 0.6 is 11.8 Å². The topological polar surface area (TPSA) is 49.4 Å². The Morgan fingerprint density at radius 2 is 2.05 bits per heavy atom. The molecule has 19 heavy (non-hydrogen) atoms. The number of anilines is 1. The van der Waals surface area contributed by atoms with Gasteiger partial charge in [0.1, 0.15) is 12.1 Å². The van der Waals surface area contributed by atoms with E-state index >= 15 is 0 Å². The Kier molecular flexibility index (Phi) is 3.85. The maximum atomic E-state index is 12.6. The molecule has 4 nitrogen and oxygen atoms in total. The van der Waals surface area contributed by atoms with Crippen LogP contribution in [0, 0.1) is 0 Å². The van der Waals surface area contributed by atoms with Crippen molar-refractivity contribution in [2.45, 2.75) is 30.7 Å². The Labute approximate surface area is 117 Å². The number of carbonyl (C=O) groups is 2. The molecule has 1 saturated heterocycles. The minimum Gasteiger partial charge on any atom is -0.340 e. The van der Waals surface area contributed by atoms with Crippen LogP contribution in [0.4, 0.5) is 5.69 Å². The predicted octanol–water partition coefficient (Wildman–Crippen LogP) is 2.04. The molecule has 0 saturated carbocycles. The fraction of sp³-hybridized carbons (Fsp3) is 0.429. The van der Waals surface area contributed by atoms with Crippen LogP contribution in [0.2, 0.25) is 0 Å². The van der Waals surface area contributed by atoms with Crippen LogP contribution in [-0.4, -0.2) is 30.2 Å². The van der Waals surface area contributed by atoms with E-state index in [1.165, 1.54) is 0 Å². The lowest BCUT2D eigenvalue weighted by atomic mass is 9.94. The lowest BCUT2D eigenvalue weighted by molar-refractivity contribution is -0.135. The highest BCUT2D eigenvalue weighted by atomic mass is 32.2. The van der Waals surface area contributed by atoms with Gasteiger partial charge >= 0.3 is 0 Å². The van der Waals surface area contributed by atoms with Gasteiger partial charge in [-0.05, 0) is 31.7 Å². The molecule has 1 atom stereocenters. The van der Waals surface area contributed by atoms with Crippen molar-refractivity contribution in [3.05, 3.63) is 24.3 Å². The van der Waals surface area contributed by atoms with Crippen LogP contribution in [0.5, 0.6) is 0 Å². The molecule has 1 fully saturated rings. The first-order valence-corrected chi connectivity index (χ1v) is 7.50. The van der Waals surface area contributed by atoms with Crippen LogP contribution in [0.15, 0.2) is 29.2 Å². The highest BCUT2D eigenvalue weighted by Gasteiger charge is 2.42. The van der Waals surface area contributed by atoms with Gasteiger partial charge in [-0.25, -0.2) is 0 Å². The quantitative estimate of drug-likeness (QED) is 0.861.